The summed E-state index contributed by atoms with van der Waals surface area (Å²) in [6.45, 7) is 0. The number of hydrogen-bond acceptors (Lipinski definition) is 2. The van der Waals surface area contributed by atoms with Gasteiger partial charge in [0.15, 0.2) is 0 Å². The molecule has 40 heavy (non-hydrogen) atoms. The molecule has 0 aliphatic heterocycles. The molecule has 3 aromatic carbocycles. The van der Waals surface area contributed by atoms with Crippen LogP contribution in [0.3, 0.4) is 0 Å². The van der Waals surface area contributed by atoms with Crippen molar-refractivity contribution in [3.8, 4) is 23.0 Å². The lowest BCUT2D eigenvalue weighted by atomic mass is 9.48. The minimum Gasteiger partial charge on any atom is -0.457 e. The molecule has 8 aliphatic rings. The summed E-state index contributed by atoms with van der Waals surface area (Å²) in [4.78, 5) is 0. The highest BCUT2D eigenvalue weighted by atomic mass is 16.5. The topological polar surface area (TPSA) is 18.5 Å². The van der Waals surface area contributed by atoms with E-state index in [1.54, 1.807) is 11.1 Å². The fraction of sp³-hybridized carbons (Fsp3) is 0.526. The molecule has 8 bridgehead atoms. The Kier molecular flexibility index (Phi) is 5.31. The number of benzene rings is 3. The molecule has 8 aliphatic carbocycles. The summed E-state index contributed by atoms with van der Waals surface area (Å²) in [5.74, 6) is 9.39. The summed E-state index contributed by atoms with van der Waals surface area (Å²) >= 11 is 0. The Bertz CT molecular complexity index is 1200. The van der Waals surface area contributed by atoms with Crippen molar-refractivity contribution in [3.63, 3.8) is 0 Å². The van der Waals surface area contributed by atoms with Crippen LogP contribution in [0.1, 0.15) is 88.2 Å². The molecule has 8 saturated carbocycles. The predicted octanol–water partition coefficient (Wildman–Crippen LogP) is 10.2. The second kappa shape index (κ2) is 8.88. The van der Waals surface area contributed by atoms with Crippen LogP contribution in [0.4, 0.5) is 0 Å². The van der Waals surface area contributed by atoms with Gasteiger partial charge in [-0.2, -0.15) is 0 Å². The average molecular weight is 531 g/mol. The van der Waals surface area contributed by atoms with Crippen LogP contribution in [0, 0.1) is 35.5 Å². The highest BCUT2D eigenvalue weighted by Crippen LogP contribution is 2.62. The Labute approximate surface area is 239 Å². The van der Waals surface area contributed by atoms with E-state index < -0.39 is 0 Å². The van der Waals surface area contributed by atoms with E-state index in [1.807, 2.05) is 24.3 Å². The van der Waals surface area contributed by atoms with Gasteiger partial charge >= 0.3 is 0 Å². The Hall–Kier alpha value is -2.74. The molecule has 0 spiro atoms. The molecule has 0 atom stereocenters. The van der Waals surface area contributed by atoms with Crippen LogP contribution in [0.5, 0.6) is 23.0 Å². The van der Waals surface area contributed by atoms with Crippen LogP contribution in [0.2, 0.25) is 0 Å². The molecule has 2 nitrogen and oxygen atoms in total. The van der Waals surface area contributed by atoms with Crippen molar-refractivity contribution in [1.82, 2.24) is 0 Å². The van der Waals surface area contributed by atoms with E-state index >= 15 is 0 Å². The number of rotatable bonds is 6. The second-order valence-corrected chi connectivity index (χ2v) is 15.1. The molecule has 0 N–H and O–H groups in total. The molecular weight excluding hydrogens is 488 g/mol. The standard InChI is InChI=1S/C38H42O2/c1-5-33(6-2-31(1)37-19-25-13-26(20-37)15-27(14-25)21-37)39-35-9-11-36(12-10-35)40-34-7-3-32(4-8-34)38-22-28-16-29(23-38)18-30(17-28)24-38/h1-12,25-30H,13-24H2. The monoisotopic (exact) mass is 530 g/mol. The Morgan fingerprint density at radius 2 is 0.575 bits per heavy atom. The molecule has 0 amide bonds. The zero-order valence-corrected chi connectivity index (χ0v) is 23.7. The van der Waals surface area contributed by atoms with Crippen molar-refractivity contribution >= 4 is 0 Å². The van der Waals surface area contributed by atoms with Gasteiger partial charge in [-0.3, -0.25) is 0 Å². The first-order valence-electron chi connectivity index (χ1n) is 16.3. The van der Waals surface area contributed by atoms with Crippen LogP contribution < -0.4 is 9.47 Å². The van der Waals surface area contributed by atoms with E-state index in [9.17, 15) is 0 Å². The maximum absolute atomic E-state index is 6.23. The maximum Gasteiger partial charge on any atom is 0.127 e. The van der Waals surface area contributed by atoms with Crippen LogP contribution in [-0.2, 0) is 10.8 Å². The van der Waals surface area contributed by atoms with Crippen molar-refractivity contribution in [2.24, 2.45) is 35.5 Å². The van der Waals surface area contributed by atoms with E-state index in [1.165, 1.54) is 77.0 Å². The summed E-state index contributed by atoms with van der Waals surface area (Å²) in [7, 11) is 0. The van der Waals surface area contributed by atoms with Gasteiger partial charge in [-0.05, 0) is 183 Å². The Morgan fingerprint density at radius 3 is 0.825 bits per heavy atom. The van der Waals surface area contributed by atoms with E-state index in [0.717, 1.165) is 58.5 Å². The third-order valence-electron chi connectivity index (χ3n) is 12.3. The van der Waals surface area contributed by atoms with Crippen LogP contribution >= 0.6 is 0 Å². The summed E-state index contributed by atoms with van der Waals surface area (Å²) in [5, 5.41) is 0. The van der Waals surface area contributed by atoms with Gasteiger partial charge in [0.2, 0.25) is 0 Å². The lowest BCUT2D eigenvalue weighted by molar-refractivity contribution is -0.00532. The molecule has 2 heteroatoms. The van der Waals surface area contributed by atoms with Gasteiger partial charge in [-0.25, -0.2) is 0 Å². The molecule has 206 valence electrons. The average Bonchev–Trinajstić information content (AvgIpc) is 2.93. The third kappa shape index (κ3) is 4.04. The normalized spacial score (nSPS) is 38.5. The first kappa shape index (κ1) is 23.9. The first-order valence-corrected chi connectivity index (χ1v) is 16.3. The highest BCUT2D eigenvalue weighted by Gasteiger charge is 2.52. The molecule has 0 saturated heterocycles. The van der Waals surface area contributed by atoms with Gasteiger partial charge in [-0.1, -0.05) is 24.3 Å². The SMILES string of the molecule is c1cc(Oc2ccc(C34CC5CC(CC(C5)C3)C4)cc2)ccc1Oc1ccc(C23CC4CC(CC(C4)C2)C3)cc1. The van der Waals surface area contributed by atoms with Crippen molar-refractivity contribution in [2.45, 2.75) is 87.9 Å². The maximum atomic E-state index is 6.23. The summed E-state index contributed by atoms with van der Waals surface area (Å²) in [6, 6.07) is 26.2. The van der Waals surface area contributed by atoms with Crippen molar-refractivity contribution < 1.29 is 9.47 Å². The zero-order chi connectivity index (χ0) is 26.3. The Morgan fingerprint density at radius 1 is 0.350 bits per heavy atom. The predicted molar refractivity (Wildman–Crippen MR) is 159 cm³/mol. The molecule has 0 heterocycles. The Balaban J connectivity index is 0.848. The van der Waals surface area contributed by atoms with E-state index in [2.05, 4.69) is 48.5 Å². The summed E-state index contributed by atoms with van der Waals surface area (Å²) in [5.41, 5.74) is 3.99. The third-order valence-corrected chi connectivity index (χ3v) is 12.3. The largest absolute Gasteiger partial charge is 0.457 e. The fourth-order valence-corrected chi connectivity index (χ4v) is 11.5. The number of ether oxygens (including phenoxy) is 2. The molecular formula is C38H42O2. The van der Waals surface area contributed by atoms with Gasteiger partial charge in [0.05, 0.1) is 0 Å². The molecule has 11 rings (SSSR count). The number of hydrogen-bond donors (Lipinski definition) is 0. The van der Waals surface area contributed by atoms with Gasteiger partial charge in [-0.15, -0.1) is 0 Å². The van der Waals surface area contributed by atoms with Gasteiger partial charge in [0.25, 0.3) is 0 Å². The van der Waals surface area contributed by atoms with Crippen LogP contribution in [0.15, 0.2) is 72.8 Å². The van der Waals surface area contributed by atoms with Crippen molar-refractivity contribution in [2.75, 3.05) is 0 Å². The first-order chi connectivity index (χ1) is 19.6. The minimum absolute atomic E-state index is 0.444. The summed E-state index contributed by atoms with van der Waals surface area (Å²) < 4.78 is 12.5. The quantitative estimate of drug-likeness (QED) is 0.316. The molecule has 8 fully saturated rings. The lowest BCUT2D eigenvalue weighted by Gasteiger charge is -2.57. The van der Waals surface area contributed by atoms with Gasteiger partial charge in [0.1, 0.15) is 23.0 Å². The van der Waals surface area contributed by atoms with Crippen LogP contribution in [0.25, 0.3) is 0 Å². The van der Waals surface area contributed by atoms with Crippen molar-refractivity contribution in [1.29, 1.82) is 0 Å². The van der Waals surface area contributed by atoms with E-state index in [0.29, 0.717) is 10.8 Å². The molecule has 3 aromatic rings. The highest BCUT2D eigenvalue weighted by molar-refractivity contribution is 5.41. The minimum atomic E-state index is 0.444. The lowest BCUT2D eigenvalue weighted by Crippen LogP contribution is -2.48. The molecule has 0 radical (unpaired) electrons. The smallest absolute Gasteiger partial charge is 0.127 e. The van der Waals surface area contributed by atoms with Crippen molar-refractivity contribution in [3.05, 3.63) is 83.9 Å². The fourth-order valence-electron chi connectivity index (χ4n) is 11.5. The van der Waals surface area contributed by atoms with E-state index in [4.69, 9.17) is 9.47 Å². The molecule has 0 unspecified atom stereocenters. The molecule has 0 aromatic heterocycles. The van der Waals surface area contributed by atoms with E-state index in [-0.39, 0.29) is 0 Å². The second-order valence-electron chi connectivity index (χ2n) is 15.1. The summed E-state index contributed by atoms with van der Waals surface area (Å²) in [6.07, 6.45) is 17.4. The van der Waals surface area contributed by atoms with Gasteiger partial charge < -0.3 is 9.47 Å². The zero-order valence-electron chi connectivity index (χ0n) is 23.7. The van der Waals surface area contributed by atoms with Crippen LogP contribution in [-0.4, -0.2) is 0 Å². The van der Waals surface area contributed by atoms with Gasteiger partial charge in [0, 0.05) is 0 Å².